The van der Waals surface area contributed by atoms with Gasteiger partial charge in [-0.15, -0.1) is 0 Å². The highest BCUT2D eigenvalue weighted by Gasteiger charge is 2.14. The normalized spacial score (nSPS) is 11.2. The molecule has 0 aliphatic heterocycles. The molecule has 0 amide bonds. The monoisotopic (exact) mass is 370 g/mol. The predicted octanol–water partition coefficient (Wildman–Crippen LogP) is 4.95. The fourth-order valence-electron chi connectivity index (χ4n) is 2.88. The Kier molecular flexibility index (Phi) is 6.97. The number of nitrogens with one attached hydrogen (secondary N) is 1. The van der Waals surface area contributed by atoms with Crippen molar-refractivity contribution in [3.63, 3.8) is 0 Å². The highest BCUT2D eigenvalue weighted by atomic mass is 32.2. The number of fused-ring (bicyclic) bond motifs is 1. The molecule has 0 spiro atoms. The van der Waals surface area contributed by atoms with Gasteiger partial charge in [-0.1, -0.05) is 19.1 Å². The van der Waals surface area contributed by atoms with E-state index in [1.165, 1.54) is 11.1 Å². The minimum atomic E-state index is 0.683. The molecule has 5 heteroatoms. The number of benzene rings is 1. The summed E-state index contributed by atoms with van der Waals surface area (Å²) in [6, 6.07) is 10.1. The molecule has 3 rings (SSSR count). The molecule has 0 atom stereocenters. The Morgan fingerprint density at radius 2 is 2.15 bits per heavy atom. The maximum Gasteiger partial charge on any atom is 0.138 e. The van der Waals surface area contributed by atoms with Crippen LogP contribution in [0.3, 0.4) is 0 Å². The van der Waals surface area contributed by atoms with Gasteiger partial charge < -0.3 is 14.5 Å². The van der Waals surface area contributed by atoms with E-state index in [2.05, 4.69) is 30.2 Å². The highest BCUT2D eigenvalue weighted by Crippen LogP contribution is 2.34. The van der Waals surface area contributed by atoms with Crippen LogP contribution in [0.25, 0.3) is 11.0 Å². The Labute approximate surface area is 159 Å². The number of hydrogen-bond acceptors (Lipinski definition) is 5. The van der Waals surface area contributed by atoms with Gasteiger partial charge in [0, 0.05) is 24.5 Å². The van der Waals surface area contributed by atoms with E-state index in [1.807, 2.05) is 42.2 Å². The summed E-state index contributed by atoms with van der Waals surface area (Å²) in [5, 5.41) is 4.54. The molecular formula is C21H26N2O2S. The van der Waals surface area contributed by atoms with Crippen molar-refractivity contribution in [2.24, 2.45) is 0 Å². The zero-order chi connectivity index (χ0) is 18.2. The van der Waals surface area contributed by atoms with Crippen molar-refractivity contribution in [3.05, 3.63) is 59.6 Å². The van der Waals surface area contributed by atoms with Crippen LogP contribution in [0.2, 0.25) is 0 Å². The molecule has 2 heterocycles. The number of furan rings is 1. The molecule has 3 aromatic rings. The summed E-state index contributed by atoms with van der Waals surface area (Å²) >= 11 is 1.87. The van der Waals surface area contributed by atoms with E-state index in [-0.39, 0.29) is 0 Å². The van der Waals surface area contributed by atoms with Gasteiger partial charge in [0.05, 0.1) is 17.7 Å². The molecule has 0 aliphatic carbocycles. The van der Waals surface area contributed by atoms with Crippen LogP contribution in [0.15, 0.2) is 47.1 Å². The molecule has 26 heavy (non-hydrogen) atoms. The van der Waals surface area contributed by atoms with E-state index in [1.54, 1.807) is 6.20 Å². The van der Waals surface area contributed by atoms with Crippen molar-refractivity contribution in [1.82, 2.24) is 10.3 Å². The number of rotatable bonds is 10. The quantitative estimate of drug-likeness (QED) is 0.512. The smallest absolute Gasteiger partial charge is 0.138 e. The molecule has 0 unspecified atom stereocenters. The van der Waals surface area contributed by atoms with Crippen LogP contribution in [-0.4, -0.2) is 23.9 Å². The van der Waals surface area contributed by atoms with Crippen LogP contribution >= 0.6 is 11.8 Å². The minimum Gasteiger partial charge on any atom is -0.493 e. The Morgan fingerprint density at radius 3 is 2.96 bits per heavy atom. The van der Waals surface area contributed by atoms with Crippen LogP contribution in [0, 0.1) is 6.92 Å². The standard InChI is InChI=1S/C21H26N2O2S/c1-3-26-15-20-16(2)21-18(8-4-9-19(21)25-20)24-12-6-11-23-14-17-7-5-10-22-13-17/h4-5,7-10,13,23H,3,6,11-12,14-15H2,1-2H3. The molecule has 2 aromatic heterocycles. The first kappa shape index (κ1) is 18.8. The summed E-state index contributed by atoms with van der Waals surface area (Å²) < 4.78 is 12.1. The maximum absolute atomic E-state index is 6.05. The fraction of sp³-hybridized carbons (Fsp3) is 0.381. The van der Waals surface area contributed by atoms with Gasteiger partial charge in [-0.05, 0) is 49.4 Å². The van der Waals surface area contributed by atoms with E-state index in [9.17, 15) is 0 Å². The molecule has 0 aliphatic rings. The lowest BCUT2D eigenvalue weighted by Crippen LogP contribution is -2.17. The van der Waals surface area contributed by atoms with Gasteiger partial charge in [0.15, 0.2) is 0 Å². The largest absolute Gasteiger partial charge is 0.493 e. The highest BCUT2D eigenvalue weighted by molar-refractivity contribution is 7.98. The molecule has 0 saturated carbocycles. The van der Waals surface area contributed by atoms with E-state index in [0.29, 0.717) is 6.61 Å². The van der Waals surface area contributed by atoms with E-state index in [4.69, 9.17) is 9.15 Å². The van der Waals surface area contributed by atoms with Gasteiger partial charge in [0.1, 0.15) is 17.1 Å². The fourth-order valence-corrected chi connectivity index (χ4v) is 3.55. The summed E-state index contributed by atoms with van der Waals surface area (Å²) in [4.78, 5) is 4.12. The Bertz CT molecular complexity index is 817. The van der Waals surface area contributed by atoms with E-state index < -0.39 is 0 Å². The first-order chi connectivity index (χ1) is 12.8. The van der Waals surface area contributed by atoms with Crippen LogP contribution in [-0.2, 0) is 12.3 Å². The van der Waals surface area contributed by atoms with Gasteiger partial charge in [-0.25, -0.2) is 0 Å². The van der Waals surface area contributed by atoms with Gasteiger partial charge in [-0.3, -0.25) is 4.98 Å². The minimum absolute atomic E-state index is 0.683. The average Bonchev–Trinajstić information content (AvgIpc) is 3.00. The summed E-state index contributed by atoms with van der Waals surface area (Å²) in [6.45, 7) is 6.72. The van der Waals surface area contributed by atoms with Gasteiger partial charge in [0.25, 0.3) is 0 Å². The van der Waals surface area contributed by atoms with Crippen molar-refractivity contribution >= 4 is 22.7 Å². The second kappa shape index (κ2) is 9.64. The van der Waals surface area contributed by atoms with Crippen molar-refractivity contribution in [2.45, 2.75) is 32.6 Å². The van der Waals surface area contributed by atoms with Crippen molar-refractivity contribution in [3.8, 4) is 5.75 Å². The number of pyridine rings is 1. The summed E-state index contributed by atoms with van der Waals surface area (Å²) in [5.41, 5.74) is 3.32. The second-order valence-electron chi connectivity index (χ2n) is 6.16. The summed E-state index contributed by atoms with van der Waals surface area (Å²) in [5.74, 6) is 3.98. The lowest BCUT2D eigenvalue weighted by atomic mass is 10.1. The van der Waals surface area contributed by atoms with Crippen LogP contribution < -0.4 is 10.1 Å². The zero-order valence-electron chi connectivity index (χ0n) is 15.5. The first-order valence-electron chi connectivity index (χ1n) is 9.10. The molecule has 0 saturated heterocycles. The van der Waals surface area contributed by atoms with E-state index in [0.717, 1.165) is 53.5 Å². The number of ether oxygens (including phenoxy) is 1. The first-order valence-corrected chi connectivity index (χ1v) is 10.3. The topological polar surface area (TPSA) is 47.3 Å². The lowest BCUT2D eigenvalue weighted by Gasteiger charge is -2.08. The van der Waals surface area contributed by atoms with Crippen molar-refractivity contribution < 1.29 is 9.15 Å². The number of thioether (sulfide) groups is 1. The van der Waals surface area contributed by atoms with Crippen LogP contribution in [0.4, 0.5) is 0 Å². The molecule has 1 N–H and O–H groups in total. The average molecular weight is 371 g/mol. The maximum atomic E-state index is 6.05. The molecule has 1 aromatic carbocycles. The predicted molar refractivity (Wildman–Crippen MR) is 109 cm³/mol. The Hall–Kier alpha value is -1.98. The number of aryl methyl sites for hydroxylation is 1. The van der Waals surface area contributed by atoms with Gasteiger partial charge in [0.2, 0.25) is 0 Å². The third-order valence-electron chi connectivity index (χ3n) is 4.26. The number of aromatic nitrogens is 1. The summed E-state index contributed by atoms with van der Waals surface area (Å²) in [7, 11) is 0. The van der Waals surface area contributed by atoms with Gasteiger partial charge >= 0.3 is 0 Å². The zero-order valence-corrected chi connectivity index (χ0v) is 16.3. The van der Waals surface area contributed by atoms with E-state index >= 15 is 0 Å². The molecule has 0 bridgehead atoms. The third kappa shape index (κ3) is 4.80. The Balaban J connectivity index is 1.51. The number of nitrogens with zero attached hydrogens (tertiary/aromatic N) is 1. The second-order valence-corrected chi connectivity index (χ2v) is 7.43. The van der Waals surface area contributed by atoms with Gasteiger partial charge in [-0.2, -0.15) is 11.8 Å². The number of hydrogen-bond donors (Lipinski definition) is 1. The summed E-state index contributed by atoms with van der Waals surface area (Å²) in [6.07, 6.45) is 4.63. The molecular weight excluding hydrogens is 344 g/mol. The Morgan fingerprint density at radius 1 is 1.23 bits per heavy atom. The molecule has 0 fully saturated rings. The molecule has 4 nitrogen and oxygen atoms in total. The molecule has 0 radical (unpaired) electrons. The van der Waals surface area contributed by atoms with Crippen LogP contribution in [0.1, 0.15) is 30.2 Å². The third-order valence-corrected chi connectivity index (χ3v) is 5.13. The lowest BCUT2D eigenvalue weighted by molar-refractivity contribution is 0.311. The van der Waals surface area contributed by atoms with Crippen LogP contribution in [0.5, 0.6) is 5.75 Å². The van der Waals surface area contributed by atoms with Crippen molar-refractivity contribution in [2.75, 3.05) is 18.9 Å². The SMILES string of the molecule is CCSCc1oc2cccc(OCCCNCc3cccnc3)c2c1C. The van der Waals surface area contributed by atoms with Crippen molar-refractivity contribution in [1.29, 1.82) is 0 Å². The molecule has 138 valence electrons.